The molecular weight excluding hydrogens is 184 g/mol. The summed E-state index contributed by atoms with van der Waals surface area (Å²) in [6.45, 7) is 0. The van der Waals surface area contributed by atoms with E-state index in [1.807, 2.05) is 6.07 Å². The summed E-state index contributed by atoms with van der Waals surface area (Å²) in [7, 11) is 0. The van der Waals surface area contributed by atoms with Crippen LogP contribution in [0.15, 0.2) is 24.3 Å². The fourth-order valence-electron chi connectivity index (χ4n) is 1.76. The van der Waals surface area contributed by atoms with Gasteiger partial charge in [-0.1, -0.05) is 12.1 Å². The lowest BCUT2D eigenvalue weighted by Gasteiger charge is -2.35. The van der Waals surface area contributed by atoms with Gasteiger partial charge in [-0.05, 0) is 23.6 Å². The molecule has 0 spiro atoms. The van der Waals surface area contributed by atoms with Gasteiger partial charge in [0.1, 0.15) is 0 Å². The van der Waals surface area contributed by atoms with E-state index in [1.165, 1.54) is 0 Å². The van der Waals surface area contributed by atoms with E-state index in [-0.39, 0.29) is 18.8 Å². The normalized spacial score (nSPS) is 19.8. The van der Waals surface area contributed by atoms with Crippen molar-refractivity contribution in [2.45, 2.75) is 24.7 Å². The molecule has 1 aliphatic rings. The van der Waals surface area contributed by atoms with E-state index in [9.17, 15) is 8.78 Å². The molecule has 0 unspecified atom stereocenters. The van der Waals surface area contributed by atoms with E-state index in [1.54, 1.807) is 24.3 Å². The Morgan fingerprint density at radius 2 is 2.07 bits per heavy atom. The summed E-state index contributed by atoms with van der Waals surface area (Å²) in [6, 6.07) is 8.93. The lowest BCUT2D eigenvalue weighted by molar-refractivity contribution is -0.0867. The van der Waals surface area contributed by atoms with Gasteiger partial charge in [0.15, 0.2) is 0 Å². The molecule has 1 aromatic carbocycles. The summed E-state index contributed by atoms with van der Waals surface area (Å²) >= 11 is 0. The summed E-state index contributed by atoms with van der Waals surface area (Å²) in [5, 5.41) is 8.64. The third kappa shape index (κ3) is 1.60. The van der Waals surface area contributed by atoms with Crippen LogP contribution in [0.4, 0.5) is 8.78 Å². The highest BCUT2D eigenvalue weighted by Gasteiger charge is 2.45. The quantitative estimate of drug-likeness (QED) is 0.672. The minimum absolute atomic E-state index is 0.0710. The molecule has 1 saturated carbocycles. The first-order valence-corrected chi connectivity index (χ1v) is 4.49. The second kappa shape index (κ2) is 3.06. The van der Waals surface area contributed by atoms with Gasteiger partial charge in [-0.25, -0.2) is 8.78 Å². The minimum Gasteiger partial charge on any atom is -0.207 e. The monoisotopic (exact) mass is 193 g/mol. The summed E-state index contributed by atoms with van der Waals surface area (Å²) in [4.78, 5) is 0. The number of benzene rings is 1. The predicted octanol–water partition coefficient (Wildman–Crippen LogP) is 3.07. The number of hydrogen-bond acceptors (Lipinski definition) is 1. The Hall–Kier alpha value is -1.43. The highest BCUT2D eigenvalue weighted by Crippen LogP contribution is 2.48. The molecule has 0 saturated heterocycles. The molecule has 1 fully saturated rings. The molecule has 14 heavy (non-hydrogen) atoms. The molecule has 72 valence electrons. The van der Waals surface area contributed by atoms with Crippen LogP contribution in [0.5, 0.6) is 0 Å². The third-order valence-corrected chi connectivity index (χ3v) is 2.58. The highest BCUT2D eigenvalue weighted by molar-refractivity contribution is 5.35. The Kier molecular flexibility index (Phi) is 1.99. The molecule has 0 amide bonds. The first-order chi connectivity index (χ1) is 6.61. The molecule has 1 aromatic rings. The maximum Gasteiger partial charge on any atom is 0.249 e. The van der Waals surface area contributed by atoms with Crippen molar-refractivity contribution in [1.29, 1.82) is 5.26 Å². The zero-order valence-electron chi connectivity index (χ0n) is 7.50. The number of alkyl halides is 2. The van der Waals surface area contributed by atoms with Crippen molar-refractivity contribution in [2.75, 3.05) is 0 Å². The number of halogens is 2. The average Bonchev–Trinajstić information content (AvgIpc) is 2.14. The van der Waals surface area contributed by atoms with Gasteiger partial charge < -0.3 is 0 Å². The van der Waals surface area contributed by atoms with E-state index >= 15 is 0 Å². The van der Waals surface area contributed by atoms with Crippen LogP contribution < -0.4 is 0 Å². The summed E-state index contributed by atoms with van der Waals surface area (Å²) < 4.78 is 25.2. The van der Waals surface area contributed by atoms with Gasteiger partial charge >= 0.3 is 0 Å². The van der Waals surface area contributed by atoms with Crippen LogP contribution in [0, 0.1) is 11.3 Å². The molecule has 1 nitrogen and oxygen atoms in total. The maximum absolute atomic E-state index is 12.6. The van der Waals surface area contributed by atoms with Gasteiger partial charge in [0.25, 0.3) is 0 Å². The summed E-state index contributed by atoms with van der Waals surface area (Å²) in [5.74, 6) is -2.56. The molecule has 0 atom stereocenters. The van der Waals surface area contributed by atoms with E-state index < -0.39 is 5.92 Å². The Balaban J connectivity index is 2.16. The van der Waals surface area contributed by atoms with Crippen molar-refractivity contribution in [2.24, 2.45) is 0 Å². The fourth-order valence-corrected chi connectivity index (χ4v) is 1.76. The molecule has 0 heterocycles. The summed E-state index contributed by atoms with van der Waals surface area (Å²) in [6.07, 6.45) is -0.163. The molecular formula is C11H9F2N. The van der Waals surface area contributed by atoms with Crippen LogP contribution in [0.1, 0.15) is 29.9 Å². The predicted molar refractivity (Wildman–Crippen MR) is 48.1 cm³/mol. The molecule has 0 aliphatic heterocycles. The number of nitrogens with zero attached hydrogens (tertiary/aromatic N) is 1. The lowest BCUT2D eigenvalue weighted by atomic mass is 9.76. The van der Waals surface area contributed by atoms with Crippen molar-refractivity contribution in [3.05, 3.63) is 35.4 Å². The molecule has 0 radical (unpaired) electrons. The van der Waals surface area contributed by atoms with Gasteiger partial charge in [0, 0.05) is 12.8 Å². The van der Waals surface area contributed by atoms with E-state index in [0.29, 0.717) is 5.56 Å². The second-order valence-corrected chi connectivity index (χ2v) is 3.70. The van der Waals surface area contributed by atoms with Gasteiger partial charge in [-0.15, -0.1) is 0 Å². The number of nitriles is 1. The molecule has 1 aliphatic carbocycles. The van der Waals surface area contributed by atoms with Gasteiger partial charge in [0.05, 0.1) is 11.6 Å². The van der Waals surface area contributed by atoms with Crippen molar-refractivity contribution in [1.82, 2.24) is 0 Å². The average molecular weight is 193 g/mol. The van der Waals surface area contributed by atoms with E-state index in [4.69, 9.17) is 5.26 Å². The largest absolute Gasteiger partial charge is 0.249 e. The Bertz CT molecular complexity index is 385. The van der Waals surface area contributed by atoms with Gasteiger partial charge in [-0.3, -0.25) is 0 Å². The van der Waals surface area contributed by atoms with Crippen LogP contribution in [0.25, 0.3) is 0 Å². The molecule has 0 bridgehead atoms. The third-order valence-electron chi connectivity index (χ3n) is 2.58. The Morgan fingerprint density at radius 1 is 1.36 bits per heavy atom. The fraction of sp³-hybridized carbons (Fsp3) is 0.364. The minimum atomic E-state index is -2.49. The van der Waals surface area contributed by atoms with Crippen LogP contribution in [-0.2, 0) is 0 Å². The second-order valence-electron chi connectivity index (χ2n) is 3.70. The number of rotatable bonds is 1. The Labute approximate surface area is 81.0 Å². The highest BCUT2D eigenvalue weighted by atomic mass is 19.3. The Morgan fingerprint density at radius 3 is 2.64 bits per heavy atom. The zero-order valence-corrected chi connectivity index (χ0v) is 7.50. The van der Waals surface area contributed by atoms with E-state index in [2.05, 4.69) is 0 Å². The van der Waals surface area contributed by atoms with Crippen LogP contribution in [0.3, 0.4) is 0 Å². The first-order valence-electron chi connectivity index (χ1n) is 4.49. The van der Waals surface area contributed by atoms with Crippen LogP contribution in [0.2, 0.25) is 0 Å². The molecule has 2 rings (SSSR count). The van der Waals surface area contributed by atoms with Crippen LogP contribution >= 0.6 is 0 Å². The van der Waals surface area contributed by atoms with Crippen molar-refractivity contribution in [3.8, 4) is 6.07 Å². The zero-order chi connectivity index (χ0) is 10.2. The molecule has 0 aromatic heterocycles. The van der Waals surface area contributed by atoms with Gasteiger partial charge in [0.2, 0.25) is 5.92 Å². The topological polar surface area (TPSA) is 23.8 Å². The summed E-state index contributed by atoms with van der Waals surface area (Å²) in [5.41, 5.74) is 1.40. The smallest absolute Gasteiger partial charge is 0.207 e. The number of hydrogen-bond donors (Lipinski definition) is 0. The van der Waals surface area contributed by atoms with E-state index in [0.717, 1.165) is 5.56 Å². The maximum atomic E-state index is 12.6. The first kappa shape index (κ1) is 9.14. The van der Waals surface area contributed by atoms with Crippen molar-refractivity contribution < 1.29 is 8.78 Å². The molecule has 0 N–H and O–H groups in total. The van der Waals surface area contributed by atoms with Crippen molar-refractivity contribution >= 4 is 0 Å². The molecule has 3 heteroatoms. The SMILES string of the molecule is N#Cc1cccc(C2CC(F)(F)C2)c1. The van der Waals surface area contributed by atoms with Crippen LogP contribution in [-0.4, -0.2) is 5.92 Å². The standard InChI is InChI=1S/C11H9F2N/c12-11(13)5-10(6-11)9-3-1-2-8(4-9)7-14/h1-4,10H,5-6H2. The van der Waals surface area contributed by atoms with Crippen molar-refractivity contribution in [3.63, 3.8) is 0 Å². The van der Waals surface area contributed by atoms with Gasteiger partial charge in [-0.2, -0.15) is 5.26 Å². The lowest BCUT2D eigenvalue weighted by Crippen LogP contribution is -2.33.